The molecule has 0 saturated heterocycles. The van der Waals surface area contributed by atoms with Crippen LogP contribution in [0.1, 0.15) is 109 Å². The lowest BCUT2D eigenvalue weighted by Crippen LogP contribution is -2.32. The molecular formula is C32H45ClN2O4S. The molecule has 0 saturated carbocycles. The number of rotatable bonds is 18. The Morgan fingerprint density at radius 2 is 1.52 bits per heavy atom. The van der Waals surface area contributed by atoms with E-state index in [-0.39, 0.29) is 15.6 Å². The van der Waals surface area contributed by atoms with Crippen molar-refractivity contribution in [3.8, 4) is 0 Å². The van der Waals surface area contributed by atoms with Crippen molar-refractivity contribution in [2.24, 2.45) is 0 Å². The fraction of sp³-hybridized carbons (Fsp3) is 0.562. The fourth-order valence-corrected chi connectivity index (χ4v) is 6.50. The van der Waals surface area contributed by atoms with Gasteiger partial charge in [0.2, 0.25) is 5.91 Å². The third-order valence-corrected chi connectivity index (χ3v) is 9.84. The minimum Gasteiger partial charge on any atom is -0.441 e. The van der Waals surface area contributed by atoms with Gasteiger partial charge in [-0.25, -0.2) is 13.4 Å². The van der Waals surface area contributed by atoms with Gasteiger partial charge in [-0.1, -0.05) is 108 Å². The summed E-state index contributed by atoms with van der Waals surface area (Å²) in [5.41, 5.74) is 2.30. The van der Waals surface area contributed by atoms with Gasteiger partial charge in [0.25, 0.3) is 0 Å². The number of hydrogen-bond acceptors (Lipinski definition) is 5. The van der Waals surface area contributed by atoms with Crippen LogP contribution in [0.5, 0.6) is 0 Å². The summed E-state index contributed by atoms with van der Waals surface area (Å²) >= 11 is 6.30. The number of anilines is 1. The number of carbonyl (C=O) groups is 1. The van der Waals surface area contributed by atoms with Crippen LogP contribution in [0.15, 0.2) is 45.7 Å². The van der Waals surface area contributed by atoms with Gasteiger partial charge in [0.05, 0.1) is 15.6 Å². The monoisotopic (exact) mass is 588 g/mol. The largest absolute Gasteiger partial charge is 0.441 e. The number of hydrogen-bond donors (Lipinski definition) is 1. The minimum atomic E-state index is -3.88. The first-order valence-electron chi connectivity index (χ1n) is 14.9. The lowest BCUT2D eigenvalue weighted by molar-refractivity contribution is -0.115. The number of amides is 1. The van der Waals surface area contributed by atoms with Crippen LogP contribution in [0.25, 0.3) is 11.1 Å². The maximum Gasteiger partial charge on any atom is 0.242 e. The van der Waals surface area contributed by atoms with Gasteiger partial charge < -0.3 is 9.73 Å². The molecule has 1 atom stereocenters. The summed E-state index contributed by atoms with van der Waals surface area (Å²) < 4.78 is 32.1. The molecule has 1 heterocycles. The molecular weight excluding hydrogens is 544 g/mol. The van der Waals surface area contributed by atoms with Crippen LogP contribution in [0.3, 0.4) is 0 Å². The molecule has 220 valence electrons. The van der Waals surface area contributed by atoms with E-state index in [4.69, 9.17) is 16.0 Å². The molecule has 2 aromatic carbocycles. The van der Waals surface area contributed by atoms with E-state index in [0.717, 1.165) is 24.8 Å². The Balaban J connectivity index is 1.42. The van der Waals surface area contributed by atoms with Crippen LogP contribution >= 0.6 is 11.6 Å². The topological polar surface area (TPSA) is 89.3 Å². The number of halogens is 1. The van der Waals surface area contributed by atoms with Crippen LogP contribution in [0.2, 0.25) is 5.02 Å². The van der Waals surface area contributed by atoms with E-state index in [1.54, 1.807) is 37.3 Å². The number of carbonyl (C=O) groups excluding carboxylic acids is 1. The average Bonchev–Trinajstić information content (AvgIpc) is 3.29. The zero-order valence-electron chi connectivity index (χ0n) is 24.3. The number of nitrogens with one attached hydrogen (secondary N) is 1. The highest BCUT2D eigenvalue weighted by molar-refractivity contribution is 7.92. The molecule has 1 amide bonds. The molecule has 0 aliphatic rings. The molecule has 8 heteroatoms. The van der Waals surface area contributed by atoms with Gasteiger partial charge in [-0.05, 0) is 43.5 Å². The number of aromatic nitrogens is 1. The lowest BCUT2D eigenvalue weighted by atomic mass is 10.0. The quantitative estimate of drug-likeness (QED) is 0.150. The third-order valence-electron chi connectivity index (χ3n) is 7.47. The summed E-state index contributed by atoms with van der Waals surface area (Å²) in [4.78, 5) is 17.3. The van der Waals surface area contributed by atoms with Crippen LogP contribution < -0.4 is 5.32 Å². The Hall–Kier alpha value is -2.38. The highest BCUT2D eigenvalue weighted by Crippen LogP contribution is 2.29. The van der Waals surface area contributed by atoms with E-state index < -0.39 is 21.0 Å². The molecule has 0 aliphatic carbocycles. The summed E-state index contributed by atoms with van der Waals surface area (Å²) in [5, 5.41) is 1.62. The molecule has 3 rings (SSSR count). The second-order valence-corrected chi connectivity index (χ2v) is 13.5. The molecule has 1 unspecified atom stereocenters. The van der Waals surface area contributed by atoms with Gasteiger partial charge in [0, 0.05) is 13.0 Å². The number of oxazole rings is 1. The standard InChI is InChI=1S/C32H45ClN2O4S/c1-4-5-6-7-8-9-10-11-12-13-14-15-16-18-26-19-17-20-27(21-26)40(37,38)24(2)32(36)35-29-23-31-30(22-28(29)33)34-25(3)39-31/h17,19-24H,4-16,18H2,1-3H3,(H,35,36). The molecule has 6 nitrogen and oxygen atoms in total. The summed E-state index contributed by atoms with van der Waals surface area (Å²) in [6.07, 6.45) is 17.7. The number of nitrogens with zero attached hydrogens (tertiary/aromatic N) is 1. The van der Waals surface area contributed by atoms with E-state index in [2.05, 4.69) is 17.2 Å². The normalized spacial score (nSPS) is 12.6. The summed E-state index contributed by atoms with van der Waals surface area (Å²) in [6, 6.07) is 10.1. The van der Waals surface area contributed by atoms with Crippen molar-refractivity contribution >= 4 is 44.1 Å². The Bertz CT molecular complexity index is 1340. The van der Waals surface area contributed by atoms with E-state index >= 15 is 0 Å². The minimum absolute atomic E-state index is 0.162. The molecule has 0 aliphatic heterocycles. The fourth-order valence-electron chi connectivity index (χ4n) is 4.96. The molecule has 0 spiro atoms. The van der Waals surface area contributed by atoms with E-state index in [1.165, 1.54) is 77.6 Å². The van der Waals surface area contributed by atoms with Crippen LogP contribution in [0, 0.1) is 6.92 Å². The summed E-state index contributed by atoms with van der Waals surface area (Å²) in [6.45, 7) is 5.37. The number of sulfone groups is 1. The predicted molar refractivity (Wildman–Crippen MR) is 165 cm³/mol. The van der Waals surface area contributed by atoms with Gasteiger partial charge in [0.15, 0.2) is 21.3 Å². The van der Waals surface area contributed by atoms with Crippen molar-refractivity contribution in [2.45, 2.75) is 121 Å². The van der Waals surface area contributed by atoms with Gasteiger partial charge in [-0.2, -0.15) is 0 Å². The summed E-state index contributed by atoms with van der Waals surface area (Å²) in [5.74, 6) is -0.177. The van der Waals surface area contributed by atoms with Crippen LogP contribution in [-0.2, 0) is 21.1 Å². The molecule has 1 N–H and O–H groups in total. The first-order valence-corrected chi connectivity index (χ1v) is 16.8. The predicted octanol–water partition coefficient (Wildman–Crippen LogP) is 9.22. The number of benzene rings is 2. The Kier molecular flexibility index (Phi) is 13.0. The van der Waals surface area contributed by atoms with Crippen LogP contribution in [-0.4, -0.2) is 24.6 Å². The first kappa shape index (κ1) is 32.1. The maximum absolute atomic E-state index is 13.3. The van der Waals surface area contributed by atoms with Crippen molar-refractivity contribution in [2.75, 3.05) is 5.32 Å². The van der Waals surface area contributed by atoms with Crippen molar-refractivity contribution in [3.05, 3.63) is 52.9 Å². The maximum atomic E-state index is 13.3. The molecule has 0 bridgehead atoms. The second kappa shape index (κ2) is 16.2. The van der Waals surface area contributed by atoms with Crippen molar-refractivity contribution in [1.82, 2.24) is 4.98 Å². The van der Waals surface area contributed by atoms with Crippen molar-refractivity contribution < 1.29 is 17.6 Å². The van der Waals surface area contributed by atoms with E-state index in [1.807, 2.05) is 6.07 Å². The Morgan fingerprint density at radius 3 is 2.15 bits per heavy atom. The zero-order valence-corrected chi connectivity index (χ0v) is 25.9. The van der Waals surface area contributed by atoms with Gasteiger partial charge in [0.1, 0.15) is 10.8 Å². The third kappa shape index (κ3) is 9.62. The SMILES string of the molecule is CCCCCCCCCCCCCCCc1cccc(S(=O)(=O)C(C)C(=O)Nc2cc3oc(C)nc3cc2Cl)c1. The van der Waals surface area contributed by atoms with Crippen molar-refractivity contribution in [3.63, 3.8) is 0 Å². The molecule has 1 aromatic heterocycles. The highest BCUT2D eigenvalue weighted by Gasteiger charge is 2.30. The second-order valence-electron chi connectivity index (χ2n) is 10.8. The molecule has 3 aromatic rings. The zero-order chi connectivity index (χ0) is 29.0. The number of unbranched alkanes of at least 4 members (excludes halogenated alkanes) is 12. The average molecular weight is 589 g/mol. The van der Waals surface area contributed by atoms with Gasteiger partial charge in [-0.3, -0.25) is 4.79 Å². The number of aryl methyl sites for hydroxylation is 2. The Morgan fingerprint density at radius 1 is 0.925 bits per heavy atom. The first-order chi connectivity index (χ1) is 19.2. The highest BCUT2D eigenvalue weighted by atomic mass is 35.5. The Labute approximate surface area is 245 Å². The van der Waals surface area contributed by atoms with E-state index in [9.17, 15) is 13.2 Å². The molecule has 40 heavy (non-hydrogen) atoms. The summed E-state index contributed by atoms with van der Waals surface area (Å²) in [7, 11) is -3.88. The van der Waals surface area contributed by atoms with E-state index in [0.29, 0.717) is 17.0 Å². The van der Waals surface area contributed by atoms with Crippen molar-refractivity contribution in [1.29, 1.82) is 0 Å². The van der Waals surface area contributed by atoms with Gasteiger partial charge in [-0.15, -0.1) is 0 Å². The molecule has 0 fully saturated rings. The number of fused-ring (bicyclic) bond motifs is 1. The lowest BCUT2D eigenvalue weighted by Gasteiger charge is -2.15. The molecule has 0 radical (unpaired) electrons. The smallest absolute Gasteiger partial charge is 0.242 e. The van der Waals surface area contributed by atoms with Gasteiger partial charge >= 0.3 is 0 Å². The van der Waals surface area contributed by atoms with Crippen LogP contribution in [0.4, 0.5) is 5.69 Å².